The topological polar surface area (TPSA) is 94.8 Å². The van der Waals surface area contributed by atoms with Gasteiger partial charge in [0.1, 0.15) is 11.5 Å². The van der Waals surface area contributed by atoms with Crippen LogP contribution in [-0.2, 0) is 0 Å². The standard InChI is InChI=1S/C14H13N3O3/c1-9(12-5-4-11(18)7-13(12)19)16-17-14(20)10-3-2-6-15-8-10/h2-8,18-19H,1H3,(H,17,20)/b16-9+. The minimum atomic E-state index is -0.393. The van der Waals surface area contributed by atoms with E-state index >= 15 is 0 Å². The quantitative estimate of drug-likeness (QED) is 0.584. The van der Waals surface area contributed by atoms with Crippen molar-refractivity contribution in [2.75, 3.05) is 0 Å². The zero-order valence-corrected chi connectivity index (χ0v) is 10.7. The van der Waals surface area contributed by atoms with Crippen molar-refractivity contribution in [2.45, 2.75) is 6.92 Å². The monoisotopic (exact) mass is 271 g/mol. The molecule has 0 fully saturated rings. The molecule has 0 bridgehead atoms. The number of phenolic OH excluding ortho intramolecular Hbond substituents is 2. The number of aromatic hydroxyl groups is 2. The first-order valence-electron chi connectivity index (χ1n) is 5.85. The highest BCUT2D eigenvalue weighted by molar-refractivity contribution is 6.02. The van der Waals surface area contributed by atoms with Crippen molar-refractivity contribution in [3.8, 4) is 11.5 Å². The van der Waals surface area contributed by atoms with Crippen molar-refractivity contribution in [3.05, 3.63) is 53.9 Å². The average molecular weight is 271 g/mol. The van der Waals surface area contributed by atoms with E-state index in [2.05, 4.69) is 15.5 Å². The lowest BCUT2D eigenvalue weighted by Crippen LogP contribution is -2.19. The molecule has 3 N–H and O–H groups in total. The lowest BCUT2D eigenvalue weighted by molar-refractivity contribution is 0.0954. The molecule has 2 rings (SSSR count). The van der Waals surface area contributed by atoms with E-state index in [1.54, 1.807) is 25.3 Å². The molecule has 102 valence electrons. The van der Waals surface area contributed by atoms with Crippen LogP contribution < -0.4 is 5.43 Å². The van der Waals surface area contributed by atoms with Crippen molar-refractivity contribution in [3.63, 3.8) is 0 Å². The molecule has 0 atom stereocenters. The molecule has 0 saturated carbocycles. The molecule has 6 nitrogen and oxygen atoms in total. The number of benzene rings is 1. The molecule has 6 heteroatoms. The molecular weight excluding hydrogens is 258 g/mol. The van der Waals surface area contributed by atoms with Crippen molar-refractivity contribution in [1.29, 1.82) is 0 Å². The highest BCUT2D eigenvalue weighted by Gasteiger charge is 2.07. The van der Waals surface area contributed by atoms with Gasteiger partial charge in [-0.15, -0.1) is 0 Å². The molecule has 20 heavy (non-hydrogen) atoms. The number of carbonyl (C=O) groups excluding carboxylic acids is 1. The maximum absolute atomic E-state index is 11.8. The number of amides is 1. The first-order valence-corrected chi connectivity index (χ1v) is 5.85. The molecule has 1 amide bonds. The van der Waals surface area contributed by atoms with E-state index in [0.29, 0.717) is 16.8 Å². The van der Waals surface area contributed by atoms with E-state index in [4.69, 9.17) is 0 Å². The Hall–Kier alpha value is -2.89. The summed E-state index contributed by atoms with van der Waals surface area (Å²) in [5, 5.41) is 22.8. The maximum atomic E-state index is 11.8. The summed E-state index contributed by atoms with van der Waals surface area (Å²) in [5.41, 5.74) is 3.60. The van der Waals surface area contributed by atoms with Crippen LogP contribution >= 0.6 is 0 Å². The van der Waals surface area contributed by atoms with Crippen LogP contribution in [0.1, 0.15) is 22.8 Å². The van der Waals surface area contributed by atoms with Crippen molar-refractivity contribution >= 4 is 11.6 Å². The molecule has 0 aliphatic heterocycles. The number of nitrogens with one attached hydrogen (secondary N) is 1. The van der Waals surface area contributed by atoms with Gasteiger partial charge >= 0.3 is 0 Å². The predicted molar refractivity (Wildman–Crippen MR) is 73.7 cm³/mol. The Labute approximate surface area is 115 Å². The number of pyridine rings is 1. The van der Waals surface area contributed by atoms with Crippen LogP contribution in [0.5, 0.6) is 11.5 Å². The second-order valence-corrected chi connectivity index (χ2v) is 4.08. The summed E-state index contributed by atoms with van der Waals surface area (Å²) in [6, 6.07) is 7.41. The van der Waals surface area contributed by atoms with Crippen LogP contribution in [0.4, 0.5) is 0 Å². The van der Waals surface area contributed by atoms with E-state index in [1.807, 2.05) is 0 Å². The minimum absolute atomic E-state index is 0.0431. The molecule has 1 aromatic heterocycles. The fraction of sp³-hybridized carbons (Fsp3) is 0.0714. The van der Waals surface area contributed by atoms with Crippen molar-refractivity contribution in [1.82, 2.24) is 10.4 Å². The highest BCUT2D eigenvalue weighted by Crippen LogP contribution is 2.22. The maximum Gasteiger partial charge on any atom is 0.272 e. The van der Waals surface area contributed by atoms with E-state index < -0.39 is 5.91 Å². The van der Waals surface area contributed by atoms with Gasteiger partial charge in [-0.3, -0.25) is 9.78 Å². The Kier molecular flexibility index (Phi) is 3.95. The zero-order valence-electron chi connectivity index (χ0n) is 10.7. The lowest BCUT2D eigenvalue weighted by atomic mass is 10.1. The van der Waals surface area contributed by atoms with Crippen LogP contribution in [-0.4, -0.2) is 26.8 Å². The van der Waals surface area contributed by atoms with Crippen LogP contribution in [0.15, 0.2) is 47.8 Å². The van der Waals surface area contributed by atoms with Crippen LogP contribution in [0.2, 0.25) is 0 Å². The smallest absolute Gasteiger partial charge is 0.272 e. The first kappa shape index (κ1) is 13.5. The summed E-state index contributed by atoms with van der Waals surface area (Å²) in [6.07, 6.45) is 3.00. The third-order valence-electron chi connectivity index (χ3n) is 2.62. The van der Waals surface area contributed by atoms with Gasteiger partial charge in [-0.05, 0) is 31.2 Å². The van der Waals surface area contributed by atoms with Crippen molar-refractivity contribution < 1.29 is 15.0 Å². The number of hydrazone groups is 1. The van der Waals surface area contributed by atoms with Gasteiger partial charge in [0, 0.05) is 24.0 Å². The molecule has 0 aliphatic carbocycles. The van der Waals surface area contributed by atoms with Gasteiger partial charge in [-0.25, -0.2) is 5.43 Å². The summed E-state index contributed by atoms with van der Waals surface area (Å²) in [4.78, 5) is 15.6. The number of carbonyl (C=O) groups is 1. The summed E-state index contributed by atoms with van der Waals surface area (Å²) in [5.74, 6) is -0.545. The molecule has 2 aromatic rings. The van der Waals surface area contributed by atoms with Gasteiger partial charge in [-0.1, -0.05) is 0 Å². The lowest BCUT2D eigenvalue weighted by Gasteiger charge is -2.05. The Morgan fingerprint density at radius 2 is 2.10 bits per heavy atom. The average Bonchev–Trinajstić information content (AvgIpc) is 2.45. The summed E-state index contributed by atoms with van der Waals surface area (Å²) in [6.45, 7) is 1.63. The molecule has 0 saturated heterocycles. The van der Waals surface area contributed by atoms with Gasteiger partial charge in [-0.2, -0.15) is 5.10 Å². The largest absolute Gasteiger partial charge is 0.508 e. The Morgan fingerprint density at radius 3 is 2.75 bits per heavy atom. The number of nitrogens with zero attached hydrogens (tertiary/aromatic N) is 2. The molecule has 1 aromatic carbocycles. The van der Waals surface area contributed by atoms with Crippen LogP contribution in [0, 0.1) is 0 Å². The minimum Gasteiger partial charge on any atom is -0.508 e. The van der Waals surface area contributed by atoms with Crippen LogP contribution in [0.25, 0.3) is 0 Å². The SMILES string of the molecule is C/C(=N\NC(=O)c1cccnc1)c1ccc(O)cc1O. The fourth-order valence-corrected chi connectivity index (χ4v) is 1.58. The van der Waals surface area contributed by atoms with Gasteiger partial charge < -0.3 is 10.2 Å². The third kappa shape index (κ3) is 3.11. The first-order chi connectivity index (χ1) is 9.58. The molecule has 0 unspecified atom stereocenters. The highest BCUT2D eigenvalue weighted by atomic mass is 16.3. The normalized spacial score (nSPS) is 11.2. The molecule has 0 spiro atoms. The zero-order chi connectivity index (χ0) is 14.5. The third-order valence-corrected chi connectivity index (χ3v) is 2.62. The van der Waals surface area contributed by atoms with Crippen LogP contribution in [0.3, 0.4) is 0 Å². The van der Waals surface area contributed by atoms with E-state index in [-0.39, 0.29) is 11.5 Å². The predicted octanol–water partition coefficient (Wildman–Crippen LogP) is 1.65. The number of hydrogen-bond donors (Lipinski definition) is 3. The van der Waals surface area contributed by atoms with E-state index in [0.717, 1.165) is 0 Å². The second-order valence-electron chi connectivity index (χ2n) is 4.08. The Balaban J connectivity index is 2.13. The number of rotatable bonds is 3. The van der Waals surface area contributed by atoms with Gasteiger partial charge in [0.15, 0.2) is 0 Å². The summed E-state index contributed by atoms with van der Waals surface area (Å²) >= 11 is 0. The fourth-order valence-electron chi connectivity index (χ4n) is 1.58. The van der Waals surface area contributed by atoms with Gasteiger partial charge in [0.2, 0.25) is 0 Å². The molecule has 0 aliphatic rings. The van der Waals surface area contributed by atoms with E-state index in [1.165, 1.54) is 24.4 Å². The van der Waals surface area contributed by atoms with Crippen molar-refractivity contribution in [2.24, 2.45) is 5.10 Å². The Bertz CT molecular complexity index is 654. The summed E-state index contributed by atoms with van der Waals surface area (Å²) in [7, 11) is 0. The molecule has 1 heterocycles. The van der Waals surface area contributed by atoms with E-state index in [9.17, 15) is 15.0 Å². The second kappa shape index (κ2) is 5.83. The van der Waals surface area contributed by atoms with Gasteiger partial charge in [0.05, 0.1) is 11.3 Å². The Morgan fingerprint density at radius 1 is 1.30 bits per heavy atom. The number of aromatic nitrogens is 1. The number of hydrogen-bond acceptors (Lipinski definition) is 5. The molecular formula is C14H13N3O3. The molecule has 0 radical (unpaired) electrons. The van der Waals surface area contributed by atoms with Gasteiger partial charge in [0.25, 0.3) is 5.91 Å². The number of phenols is 2. The summed E-state index contributed by atoms with van der Waals surface area (Å²) < 4.78 is 0.